The van der Waals surface area contributed by atoms with Crippen LogP contribution in [0.5, 0.6) is 0 Å². The van der Waals surface area contributed by atoms with E-state index in [9.17, 15) is 9.59 Å². The van der Waals surface area contributed by atoms with Crippen molar-refractivity contribution in [3.63, 3.8) is 0 Å². The van der Waals surface area contributed by atoms with Gasteiger partial charge in [0.05, 0.1) is 26.2 Å². The molecular formula is C19H30N3O2+. The number of nitrogens with one attached hydrogen (secondary N) is 3. The number of quaternary nitrogens is 1. The molecule has 2 rings (SSSR count). The first kappa shape index (κ1) is 18.5. The van der Waals surface area contributed by atoms with Crippen LogP contribution in [0.25, 0.3) is 0 Å². The Morgan fingerprint density at radius 1 is 1.08 bits per heavy atom. The van der Waals surface area contributed by atoms with Crippen LogP contribution in [0.4, 0.5) is 5.69 Å². The van der Waals surface area contributed by atoms with Crippen molar-refractivity contribution in [3.8, 4) is 0 Å². The molecule has 0 aromatic heterocycles. The van der Waals surface area contributed by atoms with Crippen LogP contribution >= 0.6 is 0 Å². The van der Waals surface area contributed by atoms with Gasteiger partial charge in [0.25, 0.3) is 0 Å². The Morgan fingerprint density at radius 2 is 1.71 bits per heavy atom. The summed E-state index contributed by atoms with van der Waals surface area (Å²) in [6.07, 6.45) is 3.36. The van der Waals surface area contributed by atoms with Crippen LogP contribution in [0.3, 0.4) is 0 Å². The topological polar surface area (TPSA) is 62.6 Å². The minimum Gasteiger partial charge on any atom is -0.350 e. The van der Waals surface area contributed by atoms with Gasteiger partial charge in [-0.15, -0.1) is 0 Å². The van der Waals surface area contributed by atoms with E-state index in [1.807, 2.05) is 38.1 Å². The van der Waals surface area contributed by atoms with Crippen LogP contribution < -0.4 is 15.5 Å². The van der Waals surface area contributed by atoms with E-state index in [2.05, 4.69) is 10.6 Å². The predicted molar refractivity (Wildman–Crippen MR) is 96.0 cm³/mol. The molecule has 0 spiro atoms. The van der Waals surface area contributed by atoms with E-state index in [4.69, 9.17) is 0 Å². The van der Waals surface area contributed by atoms with E-state index in [0.29, 0.717) is 12.8 Å². The maximum atomic E-state index is 12.0. The van der Waals surface area contributed by atoms with Crippen molar-refractivity contribution in [1.82, 2.24) is 5.32 Å². The summed E-state index contributed by atoms with van der Waals surface area (Å²) >= 11 is 0. The molecule has 132 valence electrons. The van der Waals surface area contributed by atoms with E-state index >= 15 is 0 Å². The Morgan fingerprint density at radius 3 is 2.38 bits per heavy atom. The molecule has 1 heterocycles. The van der Waals surface area contributed by atoms with Gasteiger partial charge in [0.2, 0.25) is 11.8 Å². The zero-order valence-corrected chi connectivity index (χ0v) is 14.9. The standard InChI is InChI=1S/C19H29N3O2/c1-15-5-7-17(8-6-15)21-19(24)14-16(2)13-18(23)20-9-12-22-10-3-4-11-22/h5-8,16H,3-4,9-14H2,1-2H3,(H,20,23)(H,21,24)/p+1/t16-/m1/s1. The number of hydrogen-bond acceptors (Lipinski definition) is 2. The molecule has 1 aromatic rings. The summed E-state index contributed by atoms with van der Waals surface area (Å²) in [5.41, 5.74) is 1.96. The summed E-state index contributed by atoms with van der Waals surface area (Å²) in [4.78, 5) is 25.6. The highest BCUT2D eigenvalue weighted by atomic mass is 16.2. The van der Waals surface area contributed by atoms with Crippen LogP contribution in [0, 0.1) is 12.8 Å². The monoisotopic (exact) mass is 332 g/mol. The quantitative estimate of drug-likeness (QED) is 0.669. The number of anilines is 1. The van der Waals surface area contributed by atoms with Crippen molar-refractivity contribution in [3.05, 3.63) is 29.8 Å². The van der Waals surface area contributed by atoms with E-state index in [1.165, 1.54) is 25.9 Å². The summed E-state index contributed by atoms with van der Waals surface area (Å²) in [7, 11) is 0. The maximum absolute atomic E-state index is 12.0. The van der Waals surface area contributed by atoms with E-state index in [1.54, 1.807) is 4.90 Å². The van der Waals surface area contributed by atoms with Crippen molar-refractivity contribution in [2.75, 3.05) is 31.5 Å². The molecule has 1 atom stereocenters. The molecule has 0 radical (unpaired) electrons. The molecule has 0 bridgehead atoms. The third-order valence-corrected chi connectivity index (χ3v) is 4.51. The van der Waals surface area contributed by atoms with Gasteiger partial charge < -0.3 is 15.5 Å². The van der Waals surface area contributed by atoms with Crippen LogP contribution in [-0.4, -0.2) is 38.0 Å². The van der Waals surface area contributed by atoms with Gasteiger partial charge >= 0.3 is 0 Å². The van der Waals surface area contributed by atoms with Gasteiger partial charge in [-0.05, 0) is 25.0 Å². The minimum atomic E-state index is -0.0411. The first-order valence-electron chi connectivity index (χ1n) is 8.99. The van der Waals surface area contributed by atoms with Crippen molar-refractivity contribution in [2.45, 2.75) is 39.5 Å². The first-order chi connectivity index (χ1) is 11.5. The largest absolute Gasteiger partial charge is 0.350 e. The lowest BCUT2D eigenvalue weighted by molar-refractivity contribution is -0.886. The molecule has 5 heteroatoms. The SMILES string of the molecule is Cc1ccc(NC(=O)C[C@H](C)CC(=O)NCC[NH+]2CCCC2)cc1. The average Bonchev–Trinajstić information content (AvgIpc) is 3.02. The third-order valence-electron chi connectivity index (χ3n) is 4.51. The minimum absolute atomic E-state index is 0.0366. The Kier molecular flexibility index (Phi) is 7.25. The number of carbonyl (C=O) groups is 2. The van der Waals surface area contributed by atoms with Crippen molar-refractivity contribution in [2.24, 2.45) is 5.92 Å². The predicted octanol–water partition coefficient (Wildman–Crippen LogP) is 1.14. The first-order valence-corrected chi connectivity index (χ1v) is 8.99. The fourth-order valence-corrected chi connectivity index (χ4v) is 3.13. The molecule has 1 aliphatic rings. The summed E-state index contributed by atoms with van der Waals surface area (Å²) in [6, 6.07) is 7.72. The van der Waals surface area contributed by atoms with E-state index in [0.717, 1.165) is 24.3 Å². The second-order valence-corrected chi connectivity index (χ2v) is 6.98. The van der Waals surface area contributed by atoms with Gasteiger partial charge in [-0.25, -0.2) is 0 Å². The van der Waals surface area contributed by atoms with Gasteiger partial charge in [0.15, 0.2) is 0 Å². The van der Waals surface area contributed by atoms with Gasteiger partial charge in [-0.3, -0.25) is 9.59 Å². The third kappa shape index (κ3) is 6.71. The molecule has 1 fully saturated rings. The van der Waals surface area contributed by atoms with E-state index < -0.39 is 0 Å². The zero-order valence-electron chi connectivity index (χ0n) is 14.9. The van der Waals surface area contributed by atoms with Crippen molar-refractivity contribution >= 4 is 17.5 Å². The molecule has 1 aliphatic heterocycles. The van der Waals surface area contributed by atoms with Crippen molar-refractivity contribution in [1.29, 1.82) is 0 Å². The van der Waals surface area contributed by atoms with Gasteiger partial charge in [0, 0.05) is 31.4 Å². The van der Waals surface area contributed by atoms with Crippen LogP contribution in [0.2, 0.25) is 0 Å². The Labute approximate surface area is 144 Å². The molecule has 0 saturated carbocycles. The highest BCUT2D eigenvalue weighted by Crippen LogP contribution is 2.12. The summed E-state index contributed by atoms with van der Waals surface area (Å²) in [5, 5.41) is 5.86. The second kappa shape index (κ2) is 9.42. The molecule has 24 heavy (non-hydrogen) atoms. The van der Waals surface area contributed by atoms with E-state index in [-0.39, 0.29) is 17.7 Å². The summed E-state index contributed by atoms with van der Waals surface area (Å²) in [6.45, 7) is 8.15. The van der Waals surface area contributed by atoms with Gasteiger partial charge in [0.1, 0.15) is 0 Å². The average molecular weight is 332 g/mol. The number of benzene rings is 1. The second-order valence-electron chi connectivity index (χ2n) is 6.98. The summed E-state index contributed by atoms with van der Waals surface area (Å²) in [5.74, 6) is 0.0412. The fraction of sp³-hybridized carbons (Fsp3) is 0.579. The highest BCUT2D eigenvalue weighted by Gasteiger charge is 2.16. The molecular weight excluding hydrogens is 302 g/mol. The van der Waals surface area contributed by atoms with Crippen molar-refractivity contribution < 1.29 is 14.5 Å². The molecule has 5 nitrogen and oxygen atoms in total. The molecule has 1 aromatic carbocycles. The molecule has 2 amide bonds. The number of likely N-dealkylation sites (tertiary alicyclic amines) is 1. The highest BCUT2D eigenvalue weighted by molar-refractivity contribution is 5.91. The number of aryl methyl sites for hydroxylation is 1. The zero-order chi connectivity index (χ0) is 17.4. The Bertz CT molecular complexity index is 536. The smallest absolute Gasteiger partial charge is 0.224 e. The van der Waals surface area contributed by atoms with Gasteiger partial charge in [-0.1, -0.05) is 24.6 Å². The summed E-state index contributed by atoms with van der Waals surface area (Å²) < 4.78 is 0. The van der Waals surface area contributed by atoms with Crippen LogP contribution in [0.1, 0.15) is 38.2 Å². The number of rotatable bonds is 8. The lowest BCUT2D eigenvalue weighted by atomic mass is 10.0. The molecule has 0 unspecified atom stereocenters. The number of carbonyl (C=O) groups excluding carboxylic acids is 2. The number of hydrogen-bond donors (Lipinski definition) is 3. The van der Waals surface area contributed by atoms with Crippen LogP contribution in [-0.2, 0) is 9.59 Å². The Hall–Kier alpha value is -1.88. The number of amides is 2. The molecule has 1 saturated heterocycles. The molecule has 3 N–H and O–H groups in total. The Balaban J connectivity index is 1.62. The maximum Gasteiger partial charge on any atom is 0.224 e. The van der Waals surface area contributed by atoms with Gasteiger partial charge in [-0.2, -0.15) is 0 Å². The molecule has 0 aliphatic carbocycles. The normalized spacial score (nSPS) is 15.9. The fourth-order valence-electron chi connectivity index (χ4n) is 3.13. The van der Waals surface area contributed by atoms with Crippen LogP contribution in [0.15, 0.2) is 24.3 Å². The lowest BCUT2D eigenvalue weighted by Crippen LogP contribution is -3.10. The lowest BCUT2D eigenvalue weighted by Gasteiger charge is -2.14.